The van der Waals surface area contributed by atoms with Crippen molar-refractivity contribution in [2.24, 2.45) is 29.6 Å². The molecule has 4 rings (SSSR count). The van der Waals surface area contributed by atoms with Gasteiger partial charge in [0.05, 0.1) is 0 Å². The summed E-state index contributed by atoms with van der Waals surface area (Å²) in [6.07, 6.45) is 4.01. The number of hydrogen-bond acceptors (Lipinski definition) is 1. The summed E-state index contributed by atoms with van der Waals surface area (Å²) in [5.41, 5.74) is 0.707. The lowest BCUT2D eigenvalue weighted by Crippen LogP contribution is -2.18. The number of nitrogens with one attached hydrogen (secondary N) is 1. The molecule has 1 aromatic carbocycles. The second-order valence-corrected chi connectivity index (χ2v) is 6.01. The first-order chi connectivity index (χ1) is 8.74. The summed E-state index contributed by atoms with van der Waals surface area (Å²) in [5, 5.41) is 2.92. The van der Waals surface area contributed by atoms with Crippen LogP contribution >= 0.6 is 0 Å². The van der Waals surface area contributed by atoms with Crippen molar-refractivity contribution in [2.75, 3.05) is 5.32 Å². The van der Waals surface area contributed by atoms with Gasteiger partial charge in [-0.05, 0) is 67.2 Å². The average Bonchev–Trinajstić information content (AvgIpc) is 2.82. The van der Waals surface area contributed by atoms with Crippen molar-refractivity contribution in [3.63, 3.8) is 0 Å². The number of amides is 1. The Morgan fingerprint density at radius 2 is 1.72 bits per heavy atom. The molecule has 94 valence electrons. The van der Waals surface area contributed by atoms with Crippen LogP contribution in [0.5, 0.6) is 0 Å². The lowest BCUT2D eigenvalue weighted by Gasteiger charge is -2.09. The number of fused-ring (bicyclic) bond motifs is 5. The molecule has 0 aliphatic heterocycles. The third-order valence-corrected chi connectivity index (χ3v) is 5.15. The molecule has 3 heteroatoms. The molecule has 0 aromatic heterocycles. The Kier molecular flexibility index (Phi) is 2.08. The van der Waals surface area contributed by atoms with Crippen molar-refractivity contribution in [1.29, 1.82) is 0 Å². The Morgan fingerprint density at radius 3 is 2.33 bits per heavy atom. The Labute approximate surface area is 106 Å². The fourth-order valence-corrected chi connectivity index (χ4v) is 4.43. The van der Waals surface area contributed by atoms with Gasteiger partial charge in [-0.25, -0.2) is 4.39 Å². The number of anilines is 1. The zero-order valence-corrected chi connectivity index (χ0v) is 10.1. The van der Waals surface area contributed by atoms with Crippen LogP contribution in [0.4, 0.5) is 10.1 Å². The van der Waals surface area contributed by atoms with Crippen LogP contribution in [0.2, 0.25) is 0 Å². The fourth-order valence-electron chi connectivity index (χ4n) is 4.43. The lowest BCUT2D eigenvalue weighted by molar-refractivity contribution is -0.118. The molecule has 0 heterocycles. The number of rotatable bonds is 2. The van der Waals surface area contributed by atoms with Gasteiger partial charge in [-0.3, -0.25) is 4.79 Å². The number of halogens is 1. The van der Waals surface area contributed by atoms with E-state index in [0.29, 0.717) is 17.5 Å². The molecule has 2 bridgehead atoms. The molecule has 3 aliphatic rings. The first-order valence-corrected chi connectivity index (χ1v) is 6.80. The topological polar surface area (TPSA) is 29.1 Å². The van der Waals surface area contributed by atoms with Crippen molar-refractivity contribution in [2.45, 2.75) is 19.3 Å². The average molecular weight is 245 g/mol. The summed E-state index contributed by atoms with van der Waals surface area (Å²) in [6.45, 7) is 0. The number of carbonyl (C=O) groups excluding carboxylic acids is 1. The van der Waals surface area contributed by atoms with Crippen LogP contribution in [-0.4, -0.2) is 5.91 Å². The highest BCUT2D eigenvalue weighted by molar-refractivity contribution is 5.95. The van der Waals surface area contributed by atoms with Gasteiger partial charge in [0, 0.05) is 11.6 Å². The van der Waals surface area contributed by atoms with Gasteiger partial charge >= 0.3 is 0 Å². The van der Waals surface area contributed by atoms with Crippen LogP contribution in [0.25, 0.3) is 0 Å². The summed E-state index contributed by atoms with van der Waals surface area (Å²) in [4.78, 5) is 12.2. The van der Waals surface area contributed by atoms with E-state index in [4.69, 9.17) is 0 Å². The van der Waals surface area contributed by atoms with Crippen LogP contribution < -0.4 is 5.32 Å². The standard InChI is InChI=1S/C15H16FNO/c16-10-3-5-11(6-4-10)17-15(18)14-12-8-1-2-9(7-8)13(12)14/h3-6,8-9,12-14H,1-2,7H2,(H,17,18)/t8-,9-,12-,13-/m0/s1. The minimum absolute atomic E-state index is 0.146. The van der Waals surface area contributed by atoms with E-state index in [9.17, 15) is 9.18 Å². The largest absolute Gasteiger partial charge is 0.326 e. The Balaban J connectivity index is 1.45. The van der Waals surface area contributed by atoms with E-state index in [1.54, 1.807) is 12.1 Å². The van der Waals surface area contributed by atoms with E-state index in [1.165, 1.54) is 31.4 Å². The van der Waals surface area contributed by atoms with Gasteiger partial charge in [-0.1, -0.05) is 0 Å². The minimum Gasteiger partial charge on any atom is -0.326 e. The lowest BCUT2D eigenvalue weighted by atomic mass is 10.0. The second kappa shape index (κ2) is 3.56. The predicted octanol–water partition coefficient (Wildman–Crippen LogP) is 3.06. The maximum atomic E-state index is 12.8. The maximum absolute atomic E-state index is 12.8. The van der Waals surface area contributed by atoms with E-state index < -0.39 is 0 Å². The van der Waals surface area contributed by atoms with Gasteiger partial charge in [-0.2, -0.15) is 0 Å². The van der Waals surface area contributed by atoms with Crippen molar-refractivity contribution in [1.82, 2.24) is 0 Å². The van der Waals surface area contributed by atoms with Crippen LogP contribution in [0, 0.1) is 35.4 Å². The monoisotopic (exact) mass is 245 g/mol. The molecule has 2 nitrogen and oxygen atoms in total. The molecule has 3 aliphatic carbocycles. The second-order valence-electron chi connectivity index (χ2n) is 6.01. The van der Waals surface area contributed by atoms with Crippen LogP contribution in [0.1, 0.15) is 19.3 Å². The molecule has 0 saturated heterocycles. The summed E-state index contributed by atoms with van der Waals surface area (Å²) >= 11 is 0. The third-order valence-electron chi connectivity index (χ3n) is 5.15. The van der Waals surface area contributed by atoms with E-state index in [-0.39, 0.29) is 17.6 Å². The van der Waals surface area contributed by atoms with Crippen molar-refractivity contribution < 1.29 is 9.18 Å². The van der Waals surface area contributed by atoms with Crippen LogP contribution in [0.3, 0.4) is 0 Å². The van der Waals surface area contributed by atoms with Crippen molar-refractivity contribution in [3.8, 4) is 0 Å². The Bertz CT molecular complexity index is 482. The molecule has 0 unspecified atom stereocenters. The smallest absolute Gasteiger partial charge is 0.228 e. The highest BCUT2D eigenvalue weighted by atomic mass is 19.1. The molecule has 3 saturated carbocycles. The quantitative estimate of drug-likeness (QED) is 0.852. The van der Waals surface area contributed by atoms with E-state index in [2.05, 4.69) is 5.32 Å². The molecule has 1 amide bonds. The molecule has 18 heavy (non-hydrogen) atoms. The van der Waals surface area contributed by atoms with E-state index in [0.717, 1.165) is 11.8 Å². The molecular weight excluding hydrogens is 229 g/mol. The maximum Gasteiger partial charge on any atom is 0.228 e. The van der Waals surface area contributed by atoms with Gasteiger partial charge in [0.2, 0.25) is 5.91 Å². The summed E-state index contributed by atoms with van der Waals surface area (Å²) in [7, 11) is 0. The number of hydrogen-bond donors (Lipinski definition) is 1. The predicted molar refractivity (Wildman–Crippen MR) is 66.3 cm³/mol. The normalized spacial score (nSPS) is 39.5. The number of carbonyl (C=O) groups is 1. The number of benzene rings is 1. The van der Waals surface area contributed by atoms with Crippen molar-refractivity contribution >= 4 is 11.6 Å². The molecule has 1 N–H and O–H groups in total. The molecule has 4 atom stereocenters. The highest BCUT2D eigenvalue weighted by Crippen LogP contribution is 2.69. The van der Waals surface area contributed by atoms with E-state index >= 15 is 0 Å². The highest BCUT2D eigenvalue weighted by Gasteiger charge is 2.67. The minimum atomic E-state index is -0.269. The third kappa shape index (κ3) is 1.43. The summed E-state index contributed by atoms with van der Waals surface area (Å²) < 4.78 is 12.8. The first-order valence-electron chi connectivity index (χ1n) is 6.80. The van der Waals surface area contributed by atoms with Crippen LogP contribution in [-0.2, 0) is 4.79 Å². The SMILES string of the molecule is O=C(Nc1ccc(F)cc1)C1[C@H]2[C@H]3CC[C@@H](C3)[C@H]12. The molecule has 1 aromatic rings. The van der Waals surface area contributed by atoms with Crippen LogP contribution in [0.15, 0.2) is 24.3 Å². The van der Waals surface area contributed by atoms with Gasteiger partial charge in [-0.15, -0.1) is 0 Å². The Hall–Kier alpha value is -1.38. The molecule has 3 fully saturated rings. The fraction of sp³-hybridized carbons (Fsp3) is 0.533. The molecule has 0 spiro atoms. The first kappa shape index (κ1) is 10.5. The summed E-state index contributed by atoms with van der Waals surface area (Å²) in [5.74, 6) is 3.05. The van der Waals surface area contributed by atoms with Gasteiger partial charge in [0.15, 0.2) is 0 Å². The Morgan fingerprint density at radius 1 is 1.11 bits per heavy atom. The summed E-state index contributed by atoms with van der Waals surface area (Å²) in [6, 6.07) is 6.01. The molecule has 0 radical (unpaired) electrons. The molecular formula is C15H16FNO. The van der Waals surface area contributed by atoms with Gasteiger partial charge in [0.1, 0.15) is 5.82 Å². The zero-order valence-electron chi connectivity index (χ0n) is 10.1. The van der Waals surface area contributed by atoms with Gasteiger partial charge < -0.3 is 5.32 Å². The van der Waals surface area contributed by atoms with Crippen molar-refractivity contribution in [3.05, 3.63) is 30.1 Å². The van der Waals surface area contributed by atoms with E-state index in [1.807, 2.05) is 0 Å². The van der Waals surface area contributed by atoms with Gasteiger partial charge in [0.25, 0.3) is 0 Å². The zero-order chi connectivity index (χ0) is 12.3.